The van der Waals surface area contributed by atoms with Crippen molar-refractivity contribution in [2.24, 2.45) is 7.05 Å². The van der Waals surface area contributed by atoms with Crippen LogP contribution in [0.2, 0.25) is 0 Å². The number of pyridine rings is 1. The lowest BCUT2D eigenvalue weighted by Gasteiger charge is -2.10. The van der Waals surface area contributed by atoms with Crippen molar-refractivity contribution >= 4 is 17.2 Å². The summed E-state index contributed by atoms with van der Waals surface area (Å²) in [5, 5.41) is 13.1. The molecule has 0 radical (unpaired) electrons. The van der Waals surface area contributed by atoms with Crippen LogP contribution < -0.4 is 5.32 Å². The largest absolute Gasteiger partial charge is 0.404 e. The van der Waals surface area contributed by atoms with E-state index in [1.54, 1.807) is 37.8 Å². The van der Waals surface area contributed by atoms with Gasteiger partial charge in [-0.1, -0.05) is 0 Å². The molecule has 0 spiro atoms. The van der Waals surface area contributed by atoms with Crippen molar-refractivity contribution in [2.45, 2.75) is 38.8 Å². The standard InChI is InChI=1S/C24H27F2N5O3/c1-13(9-10-33-4)27-24-29-19-8-7-18(28-23(19)34-24)22-21(16-6-5-15(25)12-17(16)26)30-20(31(22)3)11-14(2)32/h5-8,12-14,32H,9-11H2,1-4H3,(H,27,29)/t13-,14+/m0/s1. The van der Waals surface area contributed by atoms with Gasteiger partial charge in [-0.05, 0) is 44.5 Å². The second-order valence-corrected chi connectivity index (χ2v) is 8.33. The topological polar surface area (TPSA) is 98.2 Å². The fourth-order valence-electron chi connectivity index (χ4n) is 3.74. The van der Waals surface area contributed by atoms with Crippen LogP contribution in [0.25, 0.3) is 33.9 Å². The summed E-state index contributed by atoms with van der Waals surface area (Å²) in [4.78, 5) is 13.6. The smallest absolute Gasteiger partial charge is 0.297 e. The predicted octanol–water partition coefficient (Wildman–Crippen LogP) is 4.33. The van der Waals surface area contributed by atoms with Gasteiger partial charge < -0.3 is 24.1 Å². The average molecular weight is 472 g/mol. The normalized spacial score (nSPS) is 13.4. The van der Waals surface area contributed by atoms with Crippen LogP contribution in [0, 0.1) is 11.6 Å². The summed E-state index contributed by atoms with van der Waals surface area (Å²) in [6.07, 6.45) is 0.379. The predicted molar refractivity (Wildman–Crippen MR) is 124 cm³/mol. The van der Waals surface area contributed by atoms with E-state index in [0.717, 1.165) is 12.5 Å². The molecule has 0 unspecified atom stereocenters. The van der Waals surface area contributed by atoms with E-state index in [-0.39, 0.29) is 18.0 Å². The molecule has 4 rings (SSSR count). The van der Waals surface area contributed by atoms with Gasteiger partial charge in [-0.25, -0.2) is 18.7 Å². The number of halogens is 2. The van der Waals surface area contributed by atoms with Gasteiger partial charge in [0.1, 0.15) is 28.7 Å². The number of hydrogen-bond acceptors (Lipinski definition) is 7. The first-order chi connectivity index (χ1) is 16.3. The first-order valence-electron chi connectivity index (χ1n) is 11.0. The SMILES string of the molecule is COCC[C@H](C)Nc1nc2ccc(-c3c(-c4ccc(F)cc4F)nc(C[C@@H](C)O)n3C)nc2o1. The summed E-state index contributed by atoms with van der Waals surface area (Å²) in [6, 6.07) is 7.28. The summed E-state index contributed by atoms with van der Waals surface area (Å²) >= 11 is 0. The van der Waals surface area contributed by atoms with E-state index in [9.17, 15) is 13.9 Å². The van der Waals surface area contributed by atoms with Crippen LogP contribution in [0.15, 0.2) is 34.7 Å². The van der Waals surface area contributed by atoms with Gasteiger partial charge in [0.05, 0.1) is 17.5 Å². The fraction of sp³-hybridized carbons (Fsp3) is 0.375. The molecule has 0 aliphatic carbocycles. The number of aliphatic hydroxyl groups is 1. The van der Waals surface area contributed by atoms with Gasteiger partial charge in [-0.15, -0.1) is 0 Å². The fourth-order valence-corrected chi connectivity index (χ4v) is 3.74. The molecule has 0 bridgehead atoms. The van der Waals surface area contributed by atoms with Crippen molar-refractivity contribution in [3.63, 3.8) is 0 Å². The average Bonchev–Trinajstić information content (AvgIpc) is 3.31. The molecule has 3 heterocycles. The number of imidazole rings is 1. The van der Waals surface area contributed by atoms with Crippen molar-refractivity contribution in [1.82, 2.24) is 19.5 Å². The lowest BCUT2D eigenvalue weighted by molar-refractivity contribution is 0.191. The van der Waals surface area contributed by atoms with E-state index >= 15 is 0 Å². The maximum Gasteiger partial charge on any atom is 0.297 e. The molecule has 3 aromatic heterocycles. The number of nitrogens with one attached hydrogen (secondary N) is 1. The molecular formula is C24H27F2N5O3. The van der Waals surface area contributed by atoms with Crippen molar-refractivity contribution in [3.05, 3.63) is 47.8 Å². The maximum absolute atomic E-state index is 14.7. The van der Waals surface area contributed by atoms with Gasteiger partial charge in [0.15, 0.2) is 0 Å². The third-order valence-electron chi connectivity index (χ3n) is 5.47. The summed E-state index contributed by atoms with van der Waals surface area (Å²) in [5.74, 6) is -0.873. The zero-order valence-corrected chi connectivity index (χ0v) is 19.5. The number of nitrogens with zero attached hydrogens (tertiary/aromatic N) is 4. The van der Waals surface area contributed by atoms with E-state index in [1.165, 1.54) is 12.1 Å². The van der Waals surface area contributed by atoms with Gasteiger partial charge in [0.25, 0.3) is 6.01 Å². The second-order valence-electron chi connectivity index (χ2n) is 8.33. The Hall–Kier alpha value is -3.37. The minimum atomic E-state index is -0.736. The molecule has 2 N–H and O–H groups in total. The Morgan fingerprint density at radius 1 is 1.15 bits per heavy atom. The molecule has 0 fully saturated rings. The summed E-state index contributed by atoms with van der Waals surface area (Å²) in [6.45, 7) is 4.25. The number of aromatic nitrogens is 4. The van der Waals surface area contributed by atoms with Crippen molar-refractivity contribution < 1.29 is 23.0 Å². The van der Waals surface area contributed by atoms with Crippen molar-refractivity contribution in [3.8, 4) is 22.6 Å². The highest BCUT2D eigenvalue weighted by Crippen LogP contribution is 2.34. The number of benzene rings is 1. The Kier molecular flexibility index (Phi) is 6.90. The van der Waals surface area contributed by atoms with Gasteiger partial charge in [-0.2, -0.15) is 4.98 Å². The van der Waals surface area contributed by atoms with Crippen LogP contribution in [-0.2, 0) is 18.2 Å². The Bertz CT molecular complexity index is 1300. The van der Waals surface area contributed by atoms with Gasteiger partial charge in [0, 0.05) is 44.9 Å². The molecule has 0 saturated heterocycles. The van der Waals surface area contributed by atoms with Crippen LogP contribution in [-0.4, -0.2) is 50.5 Å². The minimum Gasteiger partial charge on any atom is -0.404 e. The van der Waals surface area contributed by atoms with Crippen LogP contribution in [0.1, 0.15) is 26.1 Å². The molecule has 0 saturated carbocycles. The van der Waals surface area contributed by atoms with E-state index in [4.69, 9.17) is 9.15 Å². The summed E-state index contributed by atoms with van der Waals surface area (Å²) < 4.78 is 40.9. The third-order valence-corrected chi connectivity index (χ3v) is 5.47. The molecule has 10 heteroatoms. The van der Waals surface area contributed by atoms with E-state index in [1.807, 2.05) is 6.92 Å². The van der Waals surface area contributed by atoms with E-state index < -0.39 is 17.7 Å². The zero-order valence-electron chi connectivity index (χ0n) is 19.5. The Morgan fingerprint density at radius 2 is 1.94 bits per heavy atom. The number of hydrogen-bond donors (Lipinski definition) is 2. The molecule has 4 aromatic rings. The molecule has 0 aliphatic rings. The van der Waals surface area contributed by atoms with Crippen LogP contribution in [0.4, 0.5) is 14.8 Å². The molecule has 1 aromatic carbocycles. The number of methoxy groups -OCH3 is 1. The first kappa shape index (κ1) is 23.8. The van der Waals surface area contributed by atoms with Gasteiger partial charge >= 0.3 is 0 Å². The van der Waals surface area contributed by atoms with E-state index in [0.29, 0.717) is 46.8 Å². The quantitative estimate of drug-likeness (QED) is 0.375. The molecule has 8 nitrogen and oxygen atoms in total. The summed E-state index contributed by atoms with van der Waals surface area (Å²) in [7, 11) is 3.41. The number of anilines is 1. The van der Waals surface area contributed by atoms with Gasteiger partial charge in [0.2, 0.25) is 5.71 Å². The molecule has 34 heavy (non-hydrogen) atoms. The van der Waals surface area contributed by atoms with Crippen LogP contribution >= 0.6 is 0 Å². The second kappa shape index (κ2) is 9.86. The molecule has 0 aliphatic heterocycles. The lowest BCUT2D eigenvalue weighted by Crippen LogP contribution is -2.17. The highest BCUT2D eigenvalue weighted by atomic mass is 19.1. The zero-order chi connectivity index (χ0) is 24.4. The Morgan fingerprint density at radius 3 is 2.65 bits per heavy atom. The number of fused-ring (bicyclic) bond motifs is 1. The van der Waals surface area contributed by atoms with E-state index in [2.05, 4.69) is 20.3 Å². The molecule has 0 amide bonds. The number of aliphatic hydroxyl groups excluding tert-OH is 1. The third kappa shape index (κ3) is 4.92. The van der Waals surface area contributed by atoms with Gasteiger partial charge in [-0.3, -0.25) is 0 Å². The molecular weight excluding hydrogens is 444 g/mol. The van der Waals surface area contributed by atoms with Crippen molar-refractivity contribution in [1.29, 1.82) is 0 Å². The first-order valence-corrected chi connectivity index (χ1v) is 11.0. The molecule has 180 valence electrons. The molecule has 2 atom stereocenters. The number of ether oxygens (including phenoxy) is 1. The maximum atomic E-state index is 14.7. The minimum absolute atomic E-state index is 0.0839. The lowest BCUT2D eigenvalue weighted by atomic mass is 10.1. The van der Waals surface area contributed by atoms with Crippen LogP contribution in [0.5, 0.6) is 0 Å². The Balaban J connectivity index is 1.77. The summed E-state index contributed by atoms with van der Waals surface area (Å²) in [5.41, 5.74) is 2.30. The number of rotatable bonds is 9. The van der Waals surface area contributed by atoms with Crippen molar-refractivity contribution in [2.75, 3.05) is 19.0 Å². The highest BCUT2D eigenvalue weighted by Gasteiger charge is 2.23. The monoisotopic (exact) mass is 471 g/mol. The highest BCUT2D eigenvalue weighted by molar-refractivity contribution is 5.81. The number of oxazole rings is 1. The van der Waals surface area contributed by atoms with Crippen LogP contribution in [0.3, 0.4) is 0 Å². The Labute approximate surface area is 195 Å².